The van der Waals surface area contributed by atoms with Crippen LogP contribution in [-0.4, -0.2) is 24.7 Å². The maximum atomic E-state index is 13.3. The van der Waals surface area contributed by atoms with Gasteiger partial charge in [0.05, 0.1) is 4.90 Å². The number of nitrogens with two attached hydrogens (primary N) is 1. The number of benzene rings is 2. The molecule has 1 aliphatic rings. The number of amides is 1. The van der Waals surface area contributed by atoms with E-state index in [1.807, 2.05) is 6.07 Å². The first kappa shape index (κ1) is 20.7. The fourth-order valence-electron chi connectivity index (χ4n) is 3.63. The lowest BCUT2D eigenvalue weighted by atomic mass is 9.92. The molecular weight excluding hydrogens is 418 g/mol. The van der Waals surface area contributed by atoms with E-state index < -0.39 is 21.5 Å². The Morgan fingerprint density at radius 3 is 2.29 bits per heavy atom. The van der Waals surface area contributed by atoms with Crippen LogP contribution >= 0.6 is 0 Å². The van der Waals surface area contributed by atoms with Crippen molar-refractivity contribution >= 4 is 27.4 Å². The molecule has 8 nitrogen and oxygen atoms in total. The van der Waals surface area contributed by atoms with Crippen molar-refractivity contribution in [2.45, 2.75) is 24.2 Å². The molecule has 0 spiro atoms. The first-order valence-corrected chi connectivity index (χ1v) is 11.1. The second-order valence-electron chi connectivity index (χ2n) is 7.19. The molecule has 0 bridgehead atoms. The molecular formula is C22H19N3O5S. The number of primary sulfonamides is 1. The number of aromatic nitrogens is 1. The molecule has 1 aliphatic carbocycles. The van der Waals surface area contributed by atoms with Gasteiger partial charge in [-0.25, -0.2) is 13.6 Å². The summed E-state index contributed by atoms with van der Waals surface area (Å²) >= 11 is 0. The molecule has 0 unspecified atom stereocenters. The number of hydrogen-bond donors (Lipinski definition) is 2. The lowest BCUT2D eigenvalue weighted by Gasteiger charge is -2.21. The van der Waals surface area contributed by atoms with Gasteiger partial charge in [-0.3, -0.25) is 19.0 Å². The first-order chi connectivity index (χ1) is 14.8. The van der Waals surface area contributed by atoms with Gasteiger partial charge in [-0.05, 0) is 55.3 Å². The van der Waals surface area contributed by atoms with Crippen molar-refractivity contribution < 1.29 is 18.0 Å². The zero-order valence-electron chi connectivity index (χ0n) is 16.4. The molecule has 3 N–H and O–H groups in total. The highest BCUT2D eigenvalue weighted by Crippen LogP contribution is 2.24. The van der Waals surface area contributed by atoms with Gasteiger partial charge >= 0.3 is 0 Å². The number of anilines is 1. The molecule has 0 atom stereocenters. The Labute approximate surface area is 178 Å². The van der Waals surface area contributed by atoms with Crippen LogP contribution in [0.2, 0.25) is 0 Å². The minimum Gasteiger partial charge on any atom is -0.322 e. The maximum absolute atomic E-state index is 13.3. The van der Waals surface area contributed by atoms with E-state index in [2.05, 4.69) is 5.32 Å². The van der Waals surface area contributed by atoms with E-state index in [1.54, 1.807) is 24.3 Å². The summed E-state index contributed by atoms with van der Waals surface area (Å²) in [7, 11) is -3.86. The molecule has 0 fully saturated rings. The van der Waals surface area contributed by atoms with Gasteiger partial charge in [0.2, 0.25) is 10.0 Å². The maximum Gasteiger partial charge on any atom is 0.268 e. The van der Waals surface area contributed by atoms with E-state index in [0.717, 1.165) is 0 Å². The molecule has 0 saturated heterocycles. The molecule has 1 heterocycles. The summed E-state index contributed by atoms with van der Waals surface area (Å²) in [5, 5.41) is 7.66. The van der Waals surface area contributed by atoms with E-state index >= 15 is 0 Å². The standard InChI is InChI=1S/C22H19N3O5S/c23-31(29,30)16-11-9-14(10-12-16)24-21(27)18-13-17-19(7-4-8-20(17)26)25(22(18)28)15-5-2-1-3-6-15/h1-3,5-6,9-13H,4,7-8H2,(H,24,27)(H2,23,29,30). The zero-order valence-corrected chi connectivity index (χ0v) is 17.2. The molecule has 0 aliphatic heterocycles. The van der Waals surface area contributed by atoms with Crippen molar-refractivity contribution in [2.24, 2.45) is 5.14 Å². The van der Waals surface area contributed by atoms with Crippen molar-refractivity contribution in [1.29, 1.82) is 0 Å². The minimum absolute atomic E-state index is 0.101. The molecule has 2 aromatic carbocycles. The lowest BCUT2D eigenvalue weighted by Crippen LogP contribution is -2.33. The quantitative estimate of drug-likeness (QED) is 0.647. The Morgan fingerprint density at radius 1 is 0.968 bits per heavy atom. The van der Waals surface area contributed by atoms with Crippen molar-refractivity contribution in [1.82, 2.24) is 4.57 Å². The Morgan fingerprint density at radius 2 is 1.65 bits per heavy atom. The van der Waals surface area contributed by atoms with E-state index in [1.165, 1.54) is 34.9 Å². The van der Waals surface area contributed by atoms with Gasteiger partial charge in [-0.2, -0.15) is 0 Å². The van der Waals surface area contributed by atoms with Crippen molar-refractivity contribution in [2.75, 3.05) is 5.32 Å². The van der Waals surface area contributed by atoms with E-state index in [4.69, 9.17) is 5.14 Å². The summed E-state index contributed by atoms with van der Waals surface area (Å²) in [6, 6.07) is 15.5. The Bertz CT molecular complexity index is 1340. The average molecular weight is 437 g/mol. The second kappa shape index (κ2) is 7.93. The van der Waals surface area contributed by atoms with Gasteiger partial charge in [0.25, 0.3) is 11.5 Å². The first-order valence-electron chi connectivity index (χ1n) is 9.57. The monoisotopic (exact) mass is 437 g/mol. The van der Waals surface area contributed by atoms with E-state index in [-0.39, 0.29) is 21.9 Å². The minimum atomic E-state index is -3.86. The highest BCUT2D eigenvalue weighted by atomic mass is 32.2. The largest absolute Gasteiger partial charge is 0.322 e. The van der Waals surface area contributed by atoms with E-state index in [0.29, 0.717) is 36.2 Å². The smallest absolute Gasteiger partial charge is 0.268 e. The van der Waals surface area contributed by atoms with Gasteiger partial charge < -0.3 is 5.32 Å². The van der Waals surface area contributed by atoms with Gasteiger partial charge in [0.1, 0.15) is 5.56 Å². The van der Waals surface area contributed by atoms with Gasteiger partial charge in [0.15, 0.2) is 5.78 Å². The highest BCUT2D eigenvalue weighted by Gasteiger charge is 2.26. The number of para-hydroxylation sites is 1. The number of hydrogen-bond acceptors (Lipinski definition) is 5. The summed E-state index contributed by atoms with van der Waals surface area (Å²) in [5.41, 5.74) is 1.12. The third-order valence-corrected chi connectivity index (χ3v) is 6.05. The lowest BCUT2D eigenvalue weighted by molar-refractivity contribution is 0.0971. The van der Waals surface area contributed by atoms with Crippen molar-refractivity contribution in [3.8, 4) is 5.69 Å². The van der Waals surface area contributed by atoms with Crippen LogP contribution in [0.25, 0.3) is 5.69 Å². The normalized spacial score (nSPS) is 13.5. The molecule has 9 heteroatoms. The Kier molecular flexibility index (Phi) is 5.30. The summed E-state index contributed by atoms with van der Waals surface area (Å²) in [6.45, 7) is 0. The van der Waals surface area contributed by atoms with Crippen molar-refractivity contribution in [3.63, 3.8) is 0 Å². The Hall–Kier alpha value is -3.56. The van der Waals surface area contributed by atoms with Crippen molar-refractivity contribution in [3.05, 3.63) is 87.8 Å². The highest BCUT2D eigenvalue weighted by molar-refractivity contribution is 7.89. The summed E-state index contributed by atoms with van der Waals surface area (Å²) in [5.74, 6) is -0.809. The number of carbonyl (C=O) groups is 2. The second-order valence-corrected chi connectivity index (χ2v) is 8.76. The summed E-state index contributed by atoms with van der Waals surface area (Å²) in [6.07, 6.45) is 1.55. The molecule has 31 heavy (non-hydrogen) atoms. The van der Waals surface area contributed by atoms with Crippen LogP contribution in [0.1, 0.15) is 39.3 Å². The number of ketones is 1. The predicted molar refractivity (Wildman–Crippen MR) is 115 cm³/mol. The fourth-order valence-corrected chi connectivity index (χ4v) is 4.15. The van der Waals surface area contributed by atoms with Gasteiger partial charge in [-0.15, -0.1) is 0 Å². The zero-order chi connectivity index (χ0) is 22.2. The number of fused-ring (bicyclic) bond motifs is 1. The Balaban J connectivity index is 1.78. The number of sulfonamides is 1. The SMILES string of the molecule is NS(=O)(=O)c1ccc(NC(=O)c2cc3c(n(-c4ccccc4)c2=O)CCCC3=O)cc1. The van der Waals surface area contributed by atoms with Crippen LogP contribution in [0.3, 0.4) is 0 Å². The molecule has 4 rings (SSSR count). The number of carbonyl (C=O) groups excluding carboxylic acids is 2. The molecule has 1 aromatic heterocycles. The predicted octanol–water partition coefficient (Wildman–Crippen LogP) is 2.26. The van der Waals surface area contributed by atoms with Crippen LogP contribution in [0, 0.1) is 0 Å². The number of pyridine rings is 1. The molecule has 0 radical (unpaired) electrons. The van der Waals surface area contributed by atoms with Crippen LogP contribution in [-0.2, 0) is 16.4 Å². The topological polar surface area (TPSA) is 128 Å². The number of rotatable bonds is 4. The van der Waals surface area contributed by atoms with Gasteiger partial charge in [0, 0.05) is 29.1 Å². The van der Waals surface area contributed by atoms with Crippen LogP contribution in [0.5, 0.6) is 0 Å². The fraction of sp³-hybridized carbons (Fsp3) is 0.136. The van der Waals surface area contributed by atoms with Crippen LogP contribution in [0.4, 0.5) is 5.69 Å². The average Bonchev–Trinajstić information content (AvgIpc) is 2.74. The number of Topliss-reactive ketones (excluding diaryl/α,β-unsaturated/α-hetero) is 1. The number of nitrogens with one attached hydrogen (secondary N) is 1. The van der Waals surface area contributed by atoms with E-state index in [9.17, 15) is 22.8 Å². The molecule has 1 amide bonds. The van der Waals surface area contributed by atoms with Gasteiger partial charge in [-0.1, -0.05) is 18.2 Å². The third kappa shape index (κ3) is 4.05. The number of nitrogens with zero attached hydrogens (tertiary/aromatic N) is 1. The third-order valence-electron chi connectivity index (χ3n) is 5.12. The summed E-state index contributed by atoms with van der Waals surface area (Å²) in [4.78, 5) is 38.6. The summed E-state index contributed by atoms with van der Waals surface area (Å²) < 4.78 is 24.2. The molecule has 158 valence electrons. The molecule has 0 saturated carbocycles. The van der Waals surface area contributed by atoms with Crippen LogP contribution in [0.15, 0.2) is 70.4 Å². The van der Waals surface area contributed by atoms with Crippen LogP contribution < -0.4 is 16.0 Å². The molecule has 3 aromatic rings.